The molecule has 3 rings (SSSR count). The van der Waals surface area contributed by atoms with Gasteiger partial charge in [-0.1, -0.05) is 36.6 Å². The largest absolute Gasteiger partial charge is 0.434 e. The Kier molecular flexibility index (Phi) is 7.21. The van der Waals surface area contributed by atoms with E-state index >= 15 is 0 Å². The predicted molar refractivity (Wildman–Crippen MR) is 109 cm³/mol. The van der Waals surface area contributed by atoms with Crippen molar-refractivity contribution in [3.8, 4) is 5.75 Å². The number of aliphatic imine (C=N–C) groups is 1. The molecule has 1 heterocycles. The summed E-state index contributed by atoms with van der Waals surface area (Å²) in [6.45, 7) is -1.99. The van der Waals surface area contributed by atoms with Crippen molar-refractivity contribution in [1.29, 1.82) is 0 Å². The van der Waals surface area contributed by atoms with Gasteiger partial charge in [-0.25, -0.2) is 8.42 Å². The summed E-state index contributed by atoms with van der Waals surface area (Å²) in [6.07, 6.45) is 5.02. The molecule has 9 heteroatoms. The Hall–Kier alpha value is -2.03. The number of hydrogen-bond donors (Lipinski definition) is 0. The van der Waals surface area contributed by atoms with Crippen molar-refractivity contribution in [3.05, 3.63) is 53.1 Å². The first kappa shape index (κ1) is 21.7. The highest BCUT2D eigenvalue weighted by Crippen LogP contribution is 2.30. The van der Waals surface area contributed by atoms with Crippen LogP contribution >= 0.6 is 11.6 Å². The molecule has 1 aliphatic heterocycles. The Morgan fingerprint density at radius 2 is 1.76 bits per heavy atom. The third kappa shape index (κ3) is 5.52. The maximum Gasteiger partial charge on any atom is 0.387 e. The molecule has 0 unspecified atom stereocenters. The summed E-state index contributed by atoms with van der Waals surface area (Å²) in [6, 6.07) is 10.5. The lowest BCUT2D eigenvalue weighted by Gasteiger charge is -2.20. The second-order valence-corrected chi connectivity index (χ2v) is 8.95. The third-order valence-electron chi connectivity index (χ3n) is 4.60. The third-order valence-corrected chi connectivity index (χ3v) is 6.81. The van der Waals surface area contributed by atoms with Gasteiger partial charge in [-0.15, -0.1) is 0 Å². The summed E-state index contributed by atoms with van der Waals surface area (Å²) in [5.41, 5.74) is 0.555. The van der Waals surface area contributed by atoms with Gasteiger partial charge >= 0.3 is 6.61 Å². The molecule has 2 aromatic carbocycles. The Morgan fingerprint density at radius 3 is 2.45 bits per heavy atom. The van der Waals surface area contributed by atoms with Gasteiger partial charge in [0.15, 0.2) is 0 Å². The summed E-state index contributed by atoms with van der Waals surface area (Å²) in [5, 5.41) is 0.253. The lowest BCUT2D eigenvalue weighted by Crippen LogP contribution is -2.31. The summed E-state index contributed by atoms with van der Waals surface area (Å²) in [4.78, 5) is 4.32. The predicted octanol–water partition coefficient (Wildman–Crippen LogP) is 5.26. The normalized spacial score (nSPS) is 16.3. The molecule has 29 heavy (non-hydrogen) atoms. The number of sulfonamides is 1. The van der Waals surface area contributed by atoms with Crippen molar-refractivity contribution < 1.29 is 21.9 Å². The fraction of sp³-hybridized carbons (Fsp3) is 0.350. The molecule has 0 radical (unpaired) electrons. The molecule has 156 valence electrons. The van der Waals surface area contributed by atoms with Gasteiger partial charge in [-0.3, -0.25) is 4.99 Å². The van der Waals surface area contributed by atoms with Crippen LogP contribution in [0, 0.1) is 0 Å². The van der Waals surface area contributed by atoms with Crippen LogP contribution < -0.4 is 4.74 Å². The van der Waals surface area contributed by atoms with Gasteiger partial charge in [-0.05, 0) is 43.2 Å². The average molecular weight is 443 g/mol. The highest BCUT2D eigenvalue weighted by molar-refractivity contribution is 7.89. The van der Waals surface area contributed by atoms with Crippen LogP contribution in [0.4, 0.5) is 14.5 Å². The van der Waals surface area contributed by atoms with Crippen LogP contribution in [0.3, 0.4) is 0 Å². The standard InChI is InChI=1S/C20H21ClF2N2O3S/c21-17-10-9-16(29(26,27)25-11-5-1-2-6-12-25)13-18(17)24-14-15-7-3-4-8-19(15)28-20(22)23/h3-4,7-10,13-14,20H,1-2,5-6,11-12H2. The van der Waals surface area contributed by atoms with Crippen LogP contribution in [-0.2, 0) is 10.0 Å². The van der Waals surface area contributed by atoms with E-state index in [1.807, 2.05) is 0 Å². The van der Waals surface area contributed by atoms with Crippen LogP contribution in [0.1, 0.15) is 31.2 Å². The summed E-state index contributed by atoms with van der Waals surface area (Å²) < 4.78 is 57.0. The van der Waals surface area contributed by atoms with Crippen LogP contribution in [-0.4, -0.2) is 38.6 Å². The fourth-order valence-electron chi connectivity index (χ4n) is 3.11. The van der Waals surface area contributed by atoms with Gasteiger partial charge in [0.1, 0.15) is 5.75 Å². The van der Waals surface area contributed by atoms with Crippen molar-refractivity contribution in [2.24, 2.45) is 4.99 Å². The van der Waals surface area contributed by atoms with Crippen LogP contribution in [0.25, 0.3) is 0 Å². The molecule has 2 aromatic rings. The number of alkyl halides is 2. The van der Waals surface area contributed by atoms with Crippen molar-refractivity contribution in [2.45, 2.75) is 37.2 Å². The lowest BCUT2D eigenvalue weighted by molar-refractivity contribution is -0.0499. The van der Waals surface area contributed by atoms with Gasteiger partial charge < -0.3 is 4.74 Å². The zero-order chi connectivity index (χ0) is 20.9. The zero-order valence-electron chi connectivity index (χ0n) is 15.6. The van der Waals surface area contributed by atoms with E-state index in [9.17, 15) is 17.2 Å². The smallest absolute Gasteiger partial charge is 0.387 e. The van der Waals surface area contributed by atoms with E-state index in [1.54, 1.807) is 18.2 Å². The van der Waals surface area contributed by atoms with Gasteiger partial charge in [-0.2, -0.15) is 13.1 Å². The van der Waals surface area contributed by atoms with E-state index in [0.29, 0.717) is 18.7 Å². The number of halogens is 3. The fourth-order valence-corrected chi connectivity index (χ4v) is 4.82. The number of ether oxygens (including phenoxy) is 1. The number of para-hydroxylation sites is 1. The van der Waals surface area contributed by atoms with Crippen molar-refractivity contribution in [1.82, 2.24) is 4.31 Å². The Morgan fingerprint density at radius 1 is 1.07 bits per heavy atom. The zero-order valence-corrected chi connectivity index (χ0v) is 17.2. The molecule has 0 bridgehead atoms. The number of nitrogens with zero attached hydrogens (tertiary/aromatic N) is 2. The molecule has 5 nitrogen and oxygen atoms in total. The molecule has 0 spiro atoms. The Balaban J connectivity index is 1.89. The van der Waals surface area contributed by atoms with E-state index in [-0.39, 0.29) is 21.4 Å². The maximum atomic E-state index is 13.0. The second kappa shape index (κ2) is 9.65. The topological polar surface area (TPSA) is 59.0 Å². The highest BCUT2D eigenvalue weighted by atomic mass is 35.5. The van der Waals surface area contributed by atoms with Crippen LogP contribution in [0.2, 0.25) is 5.02 Å². The molecular weight excluding hydrogens is 422 g/mol. The minimum atomic E-state index is -3.65. The van der Waals surface area contributed by atoms with Crippen molar-refractivity contribution >= 4 is 33.5 Å². The molecule has 0 aliphatic carbocycles. The molecule has 0 N–H and O–H groups in total. The monoisotopic (exact) mass is 442 g/mol. The molecular formula is C20H21ClF2N2O3S. The summed E-state index contributed by atoms with van der Waals surface area (Å²) in [7, 11) is -3.65. The van der Waals surface area contributed by atoms with Crippen LogP contribution in [0.15, 0.2) is 52.4 Å². The average Bonchev–Trinajstić information content (AvgIpc) is 2.98. The number of rotatable bonds is 6. The lowest BCUT2D eigenvalue weighted by atomic mass is 10.2. The molecule has 0 amide bonds. The molecule has 0 saturated carbocycles. The van der Waals surface area contributed by atoms with Crippen LogP contribution in [0.5, 0.6) is 5.75 Å². The summed E-state index contributed by atoms with van der Waals surface area (Å²) >= 11 is 6.18. The molecule has 1 aliphatic rings. The van der Waals surface area contributed by atoms with Gasteiger partial charge in [0.05, 0.1) is 15.6 Å². The highest BCUT2D eigenvalue weighted by Gasteiger charge is 2.25. The SMILES string of the molecule is O=S(=O)(c1ccc(Cl)c(N=Cc2ccccc2OC(F)F)c1)N1CCCCCC1. The van der Waals surface area contributed by atoms with Gasteiger partial charge in [0.2, 0.25) is 10.0 Å². The van der Waals surface area contributed by atoms with E-state index in [2.05, 4.69) is 9.73 Å². The van der Waals surface area contributed by atoms with E-state index < -0.39 is 16.6 Å². The van der Waals surface area contributed by atoms with E-state index in [4.69, 9.17) is 11.6 Å². The molecule has 0 atom stereocenters. The minimum absolute atomic E-state index is 0.0317. The van der Waals surface area contributed by atoms with Crippen molar-refractivity contribution in [3.63, 3.8) is 0 Å². The first-order valence-electron chi connectivity index (χ1n) is 9.25. The Bertz CT molecular complexity index is 975. The Labute approximate surface area is 174 Å². The van der Waals surface area contributed by atoms with Gasteiger partial charge in [0.25, 0.3) is 0 Å². The quantitative estimate of drug-likeness (QED) is 0.573. The van der Waals surface area contributed by atoms with Gasteiger partial charge in [0, 0.05) is 24.9 Å². The molecule has 0 aromatic heterocycles. The maximum absolute atomic E-state index is 13.0. The van der Waals surface area contributed by atoms with Crippen molar-refractivity contribution in [2.75, 3.05) is 13.1 Å². The first-order valence-corrected chi connectivity index (χ1v) is 11.1. The van der Waals surface area contributed by atoms with E-state index in [1.165, 1.54) is 34.8 Å². The minimum Gasteiger partial charge on any atom is -0.434 e. The van der Waals surface area contributed by atoms with E-state index in [0.717, 1.165) is 25.7 Å². The molecule has 1 fully saturated rings. The summed E-state index contributed by atoms with van der Waals surface area (Å²) in [5.74, 6) is -0.0317. The second-order valence-electron chi connectivity index (χ2n) is 6.61. The number of hydrogen-bond acceptors (Lipinski definition) is 4. The molecule has 1 saturated heterocycles. The number of benzene rings is 2. The first-order chi connectivity index (χ1) is 13.9.